The van der Waals surface area contributed by atoms with Gasteiger partial charge in [0.1, 0.15) is 0 Å². The van der Waals surface area contributed by atoms with Crippen LogP contribution in [0, 0.1) is 0 Å². The molecule has 1 aliphatic heterocycles. The van der Waals surface area contributed by atoms with Gasteiger partial charge in [-0.25, -0.2) is 0 Å². The molecule has 1 fully saturated rings. The van der Waals surface area contributed by atoms with Crippen LogP contribution in [0.3, 0.4) is 0 Å². The lowest BCUT2D eigenvalue weighted by Crippen LogP contribution is -2.27. The maximum Gasteiger partial charge on any atom is 0.254 e. The van der Waals surface area contributed by atoms with Crippen LogP contribution < -0.4 is 5.32 Å². The third kappa shape index (κ3) is 4.64. The van der Waals surface area contributed by atoms with Crippen molar-refractivity contribution in [3.63, 3.8) is 0 Å². The third-order valence-corrected chi connectivity index (χ3v) is 3.20. The minimum absolute atomic E-state index is 0. The maximum atomic E-state index is 11.7. The second-order valence-electron chi connectivity index (χ2n) is 4.70. The van der Waals surface area contributed by atoms with E-state index in [1.165, 1.54) is 0 Å². The highest BCUT2D eigenvalue weighted by atomic mass is 35.5. The van der Waals surface area contributed by atoms with E-state index in [0.29, 0.717) is 11.5 Å². The highest BCUT2D eigenvalue weighted by Crippen LogP contribution is 2.23. The molecule has 19 heavy (non-hydrogen) atoms. The number of rotatable bonds is 2. The van der Waals surface area contributed by atoms with Gasteiger partial charge in [0, 0.05) is 31.9 Å². The predicted octanol–water partition coefficient (Wildman–Crippen LogP) is 2.09. The fourth-order valence-corrected chi connectivity index (χ4v) is 2.15. The molecule has 1 aromatic rings. The highest BCUT2D eigenvalue weighted by Gasteiger charge is 2.17. The second kappa shape index (κ2) is 8.35. The van der Waals surface area contributed by atoms with E-state index in [1.54, 1.807) is 25.2 Å². The summed E-state index contributed by atoms with van der Waals surface area (Å²) in [5.41, 5.74) is 1.77. The summed E-state index contributed by atoms with van der Waals surface area (Å²) in [6.45, 7) is 2.12. The first-order chi connectivity index (χ1) is 8.18. The van der Waals surface area contributed by atoms with Crippen molar-refractivity contribution in [2.75, 3.05) is 27.2 Å². The number of halogens is 2. The van der Waals surface area contributed by atoms with Gasteiger partial charge in [-0.1, -0.05) is 0 Å². The quantitative estimate of drug-likeness (QED) is 0.910. The van der Waals surface area contributed by atoms with Crippen LogP contribution in [-0.2, 0) is 0 Å². The lowest BCUT2D eigenvalue weighted by atomic mass is 9.94. The highest BCUT2D eigenvalue weighted by molar-refractivity contribution is 5.93. The normalized spacial score (nSPS) is 15.1. The second-order valence-corrected chi connectivity index (χ2v) is 4.70. The summed E-state index contributed by atoms with van der Waals surface area (Å²) in [6, 6.07) is 3.87. The Morgan fingerprint density at radius 1 is 1.26 bits per heavy atom. The standard InChI is InChI=1S/C13H19N3O.2ClH/c1-16(2)13(17)11-3-4-12(15-9-11)10-5-7-14-8-6-10;;/h3-4,9-10,14H,5-8H2,1-2H3;2*1H. The number of hydrogen-bond acceptors (Lipinski definition) is 3. The Balaban J connectivity index is 0.00000162. The van der Waals surface area contributed by atoms with E-state index in [9.17, 15) is 4.79 Å². The first-order valence-electron chi connectivity index (χ1n) is 6.07. The van der Waals surface area contributed by atoms with Crippen molar-refractivity contribution in [3.05, 3.63) is 29.6 Å². The van der Waals surface area contributed by atoms with Crippen molar-refractivity contribution in [1.82, 2.24) is 15.2 Å². The molecule has 4 nitrogen and oxygen atoms in total. The molecule has 6 heteroatoms. The van der Waals surface area contributed by atoms with Crippen LogP contribution in [0.1, 0.15) is 34.8 Å². The zero-order valence-electron chi connectivity index (χ0n) is 11.3. The van der Waals surface area contributed by atoms with E-state index < -0.39 is 0 Å². The van der Waals surface area contributed by atoms with Crippen molar-refractivity contribution in [2.24, 2.45) is 0 Å². The molecule has 0 aliphatic carbocycles. The summed E-state index contributed by atoms with van der Waals surface area (Å²) < 4.78 is 0. The first kappa shape index (κ1) is 18.2. The van der Waals surface area contributed by atoms with Gasteiger partial charge in [-0.2, -0.15) is 0 Å². The molecule has 1 aliphatic rings. The molecule has 2 heterocycles. The number of carbonyl (C=O) groups is 1. The number of piperidine rings is 1. The van der Waals surface area contributed by atoms with Crippen LogP contribution in [0.25, 0.3) is 0 Å². The molecule has 1 N–H and O–H groups in total. The molecule has 1 aromatic heterocycles. The fourth-order valence-electron chi connectivity index (χ4n) is 2.15. The third-order valence-electron chi connectivity index (χ3n) is 3.20. The predicted molar refractivity (Wildman–Crippen MR) is 81.6 cm³/mol. The number of amides is 1. The fraction of sp³-hybridized carbons (Fsp3) is 0.538. The topological polar surface area (TPSA) is 45.2 Å². The number of pyridine rings is 1. The smallest absolute Gasteiger partial charge is 0.254 e. The number of carbonyl (C=O) groups excluding carboxylic acids is 1. The van der Waals surface area contributed by atoms with E-state index in [1.807, 2.05) is 12.1 Å². The Morgan fingerprint density at radius 3 is 2.37 bits per heavy atom. The minimum atomic E-state index is 0. The maximum absolute atomic E-state index is 11.7. The molecular formula is C13H21Cl2N3O. The van der Waals surface area contributed by atoms with Crippen molar-refractivity contribution >= 4 is 30.7 Å². The minimum Gasteiger partial charge on any atom is -0.345 e. The van der Waals surface area contributed by atoms with Crippen LogP contribution in [-0.4, -0.2) is 43.0 Å². The Kier molecular flexibility index (Phi) is 7.99. The molecule has 0 bridgehead atoms. The van der Waals surface area contributed by atoms with Crippen LogP contribution >= 0.6 is 24.8 Å². The number of hydrogen-bond donors (Lipinski definition) is 1. The van der Waals surface area contributed by atoms with Gasteiger partial charge in [0.05, 0.1) is 5.56 Å². The molecule has 0 spiro atoms. The average Bonchev–Trinajstić information content (AvgIpc) is 2.39. The number of nitrogens with zero attached hydrogens (tertiary/aromatic N) is 2. The summed E-state index contributed by atoms with van der Waals surface area (Å²) in [4.78, 5) is 17.7. The number of aromatic nitrogens is 1. The van der Waals surface area contributed by atoms with E-state index in [-0.39, 0.29) is 30.7 Å². The molecule has 108 valence electrons. The van der Waals surface area contributed by atoms with Gasteiger partial charge < -0.3 is 10.2 Å². The zero-order valence-corrected chi connectivity index (χ0v) is 12.9. The lowest BCUT2D eigenvalue weighted by molar-refractivity contribution is 0.0827. The van der Waals surface area contributed by atoms with E-state index in [4.69, 9.17) is 0 Å². The summed E-state index contributed by atoms with van der Waals surface area (Å²) in [5.74, 6) is 0.550. The molecule has 0 saturated carbocycles. The van der Waals surface area contributed by atoms with Gasteiger partial charge in [-0.05, 0) is 38.1 Å². The van der Waals surface area contributed by atoms with Crippen LogP contribution in [0.15, 0.2) is 18.3 Å². The average molecular weight is 306 g/mol. The van der Waals surface area contributed by atoms with Crippen molar-refractivity contribution in [1.29, 1.82) is 0 Å². The monoisotopic (exact) mass is 305 g/mol. The van der Waals surface area contributed by atoms with Crippen LogP contribution in [0.2, 0.25) is 0 Å². The van der Waals surface area contributed by atoms with Crippen molar-refractivity contribution in [2.45, 2.75) is 18.8 Å². The molecule has 0 aromatic carbocycles. The zero-order chi connectivity index (χ0) is 12.3. The molecule has 2 rings (SSSR count). The largest absolute Gasteiger partial charge is 0.345 e. The summed E-state index contributed by atoms with van der Waals surface area (Å²) in [5, 5.41) is 3.34. The van der Waals surface area contributed by atoms with Gasteiger partial charge >= 0.3 is 0 Å². The molecule has 0 atom stereocenters. The Labute approximate surface area is 126 Å². The van der Waals surface area contributed by atoms with Gasteiger partial charge in [-0.15, -0.1) is 24.8 Å². The molecule has 1 saturated heterocycles. The van der Waals surface area contributed by atoms with Gasteiger partial charge in [0.25, 0.3) is 5.91 Å². The van der Waals surface area contributed by atoms with Gasteiger partial charge in [0.15, 0.2) is 0 Å². The molecule has 0 radical (unpaired) electrons. The summed E-state index contributed by atoms with van der Waals surface area (Å²) in [7, 11) is 3.51. The van der Waals surface area contributed by atoms with Crippen molar-refractivity contribution < 1.29 is 4.79 Å². The Hall–Kier alpha value is -0.840. The molecular weight excluding hydrogens is 285 g/mol. The lowest BCUT2D eigenvalue weighted by Gasteiger charge is -2.22. The molecule has 1 amide bonds. The van der Waals surface area contributed by atoms with Crippen molar-refractivity contribution in [3.8, 4) is 0 Å². The Bertz CT molecular complexity index is 389. The van der Waals surface area contributed by atoms with E-state index in [0.717, 1.165) is 31.6 Å². The summed E-state index contributed by atoms with van der Waals surface area (Å²) >= 11 is 0. The molecule has 0 unspecified atom stereocenters. The Morgan fingerprint density at radius 2 is 1.89 bits per heavy atom. The van der Waals surface area contributed by atoms with Gasteiger partial charge in [-0.3, -0.25) is 9.78 Å². The first-order valence-corrected chi connectivity index (χ1v) is 6.07. The number of nitrogens with one attached hydrogen (secondary N) is 1. The SMILES string of the molecule is CN(C)C(=O)c1ccc(C2CCNCC2)nc1.Cl.Cl. The van der Waals surface area contributed by atoms with Gasteiger partial charge in [0.2, 0.25) is 0 Å². The van der Waals surface area contributed by atoms with Crippen LogP contribution in [0.5, 0.6) is 0 Å². The van der Waals surface area contributed by atoms with Crippen LogP contribution in [0.4, 0.5) is 0 Å². The van der Waals surface area contributed by atoms with E-state index >= 15 is 0 Å². The summed E-state index contributed by atoms with van der Waals surface area (Å²) in [6.07, 6.45) is 3.96. The van der Waals surface area contributed by atoms with E-state index in [2.05, 4.69) is 10.3 Å².